The van der Waals surface area contributed by atoms with Gasteiger partial charge in [-0.3, -0.25) is 9.59 Å². The van der Waals surface area contributed by atoms with Crippen LogP contribution in [0.5, 0.6) is 5.75 Å². The van der Waals surface area contributed by atoms with E-state index in [0.717, 1.165) is 25.2 Å². The van der Waals surface area contributed by atoms with Crippen LogP contribution in [0.3, 0.4) is 0 Å². The molecule has 3 N–H and O–H groups in total. The molecule has 0 unspecified atom stereocenters. The van der Waals surface area contributed by atoms with Gasteiger partial charge in [0.2, 0.25) is 12.3 Å². The van der Waals surface area contributed by atoms with Gasteiger partial charge in [0.15, 0.2) is 0 Å². The van der Waals surface area contributed by atoms with Gasteiger partial charge in [0, 0.05) is 24.8 Å². The monoisotopic (exact) mass is 418 g/mol. The summed E-state index contributed by atoms with van der Waals surface area (Å²) in [7, 11) is 1.53. The average molecular weight is 419 g/mol. The molecule has 0 spiro atoms. The Morgan fingerprint density at radius 3 is 2.38 bits per heavy atom. The van der Waals surface area contributed by atoms with Crippen molar-refractivity contribution in [2.45, 2.75) is 19.8 Å². The van der Waals surface area contributed by atoms with Crippen molar-refractivity contribution in [1.82, 2.24) is 9.88 Å². The predicted molar refractivity (Wildman–Crippen MR) is 117 cm³/mol. The van der Waals surface area contributed by atoms with Gasteiger partial charge in [0.05, 0.1) is 13.3 Å². The normalized spacial score (nSPS) is 11.9. The number of likely N-dealkylation sites (tertiary alicyclic amines) is 1. The number of hydrogen-bond donors (Lipinski definition) is 2. The van der Waals surface area contributed by atoms with E-state index >= 15 is 0 Å². The molecule has 0 aliphatic carbocycles. The summed E-state index contributed by atoms with van der Waals surface area (Å²) in [4.78, 5) is 26.3. The first-order chi connectivity index (χ1) is 13.9. The maximum absolute atomic E-state index is 10.8. The second kappa shape index (κ2) is 13.2. The van der Waals surface area contributed by atoms with Gasteiger partial charge in [-0.1, -0.05) is 35.9 Å². The number of methoxy groups -OCH3 is 1. The Hall–Kier alpha value is -3.06. The largest absolute Gasteiger partial charge is 0.495 e. The van der Waals surface area contributed by atoms with Gasteiger partial charge in [0.25, 0.3) is 0 Å². The summed E-state index contributed by atoms with van der Waals surface area (Å²) in [5.74, 6) is 0.772. The summed E-state index contributed by atoms with van der Waals surface area (Å²) < 4.78 is 4.87. The van der Waals surface area contributed by atoms with Crippen molar-refractivity contribution >= 4 is 35.4 Å². The van der Waals surface area contributed by atoms with E-state index in [0.29, 0.717) is 16.6 Å². The highest BCUT2D eigenvalue weighted by Crippen LogP contribution is 2.23. The number of halogens is 1. The Balaban J connectivity index is 0.000000225. The molecule has 29 heavy (non-hydrogen) atoms. The number of rotatable bonds is 4. The molecule has 1 aliphatic rings. The lowest BCUT2D eigenvalue weighted by molar-refractivity contribution is -0.117. The molecule has 7 nitrogen and oxygen atoms in total. The maximum atomic E-state index is 10.8. The number of pyridine rings is 1. The number of aryl methyl sites for hydroxylation is 1. The Bertz CT molecular complexity index is 791. The second-order valence-electron chi connectivity index (χ2n) is 6.15. The van der Waals surface area contributed by atoms with Crippen molar-refractivity contribution < 1.29 is 14.3 Å². The van der Waals surface area contributed by atoms with Crippen LogP contribution in [0.25, 0.3) is 0 Å². The van der Waals surface area contributed by atoms with Gasteiger partial charge in [-0.2, -0.15) is 0 Å². The van der Waals surface area contributed by atoms with E-state index in [4.69, 9.17) is 22.1 Å². The Morgan fingerprint density at radius 1 is 1.31 bits per heavy atom. The van der Waals surface area contributed by atoms with Crippen molar-refractivity contribution in [2.24, 2.45) is 0 Å². The molecule has 0 atom stereocenters. The minimum Gasteiger partial charge on any atom is -0.495 e. The lowest BCUT2D eigenvalue weighted by atomic mass is 10.2. The third-order valence-corrected chi connectivity index (χ3v) is 4.14. The Labute approximate surface area is 176 Å². The molecule has 1 fully saturated rings. The number of nitrogens with two attached hydrogens (primary N) is 1. The number of nitrogens with zero attached hydrogens (tertiary/aromatic N) is 2. The van der Waals surface area contributed by atoms with E-state index in [1.807, 2.05) is 31.2 Å². The summed E-state index contributed by atoms with van der Waals surface area (Å²) in [5, 5.41) is 3.13. The molecule has 3 rings (SSSR count). The zero-order chi connectivity index (χ0) is 21.6. The van der Waals surface area contributed by atoms with Crippen LogP contribution in [0.15, 0.2) is 49.2 Å². The molecule has 1 saturated heterocycles. The molecular formula is C21H27ClN4O3. The number of nitrogen functional groups attached to an aromatic ring is 1. The van der Waals surface area contributed by atoms with Crippen LogP contribution in [-0.4, -0.2) is 42.4 Å². The van der Waals surface area contributed by atoms with Crippen molar-refractivity contribution in [1.29, 1.82) is 0 Å². The lowest BCUT2D eigenvalue weighted by Gasteiger charge is -2.03. The summed E-state index contributed by atoms with van der Waals surface area (Å²) in [6.07, 6.45) is 6.01. The zero-order valence-electron chi connectivity index (χ0n) is 16.7. The smallest absolute Gasteiger partial charge is 0.247 e. The quantitative estimate of drug-likeness (QED) is 0.583. The van der Waals surface area contributed by atoms with Crippen LogP contribution < -0.4 is 15.8 Å². The van der Waals surface area contributed by atoms with Crippen molar-refractivity contribution in [3.05, 3.63) is 59.8 Å². The summed E-state index contributed by atoms with van der Waals surface area (Å²) >= 11 is 5.65. The van der Waals surface area contributed by atoms with Gasteiger partial charge in [0.1, 0.15) is 16.6 Å². The standard InChI is InChI=1S/C10H11NO.C6H7ClN2O.C5H9NO/c1-3-10(12)11-9-6-4-8(2)5-7-9;1-10-5-2-6(8)9-3-4(5)7;7-5-6-3-1-2-4-6/h3-7H,1H2,2H3,(H,11,12);2-3H,1H3,(H2,8,9);5H,1-4H2. The highest BCUT2D eigenvalue weighted by Gasteiger charge is 2.06. The topological polar surface area (TPSA) is 97.5 Å². The molecule has 1 aromatic carbocycles. The molecule has 2 amide bonds. The zero-order valence-corrected chi connectivity index (χ0v) is 17.5. The van der Waals surface area contributed by atoms with Crippen LogP contribution in [0.1, 0.15) is 18.4 Å². The highest BCUT2D eigenvalue weighted by molar-refractivity contribution is 6.31. The Kier molecular flexibility index (Phi) is 10.9. The number of carbonyl (C=O) groups excluding carboxylic acids is 2. The molecule has 1 aliphatic heterocycles. The fourth-order valence-electron chi connectivity index (χ4n) is 2.27. The van der Waals surface area contributed by atoms with Gasteiger partial charge in [-0.15, -0.1) is 0 Å². The minimum absolute atomic E-state index is 0.182. The Morgan fingerprint density at radius 2 is 1.93 bits per heavy atom. The van der Waals surface area contributed by atoms with Gasteiger partial charge in [-0.25, -0.2) is 4.98 Å². The van der Waals surface area contributed by atoms with Crippen LogP contribution in [0, 0.1) is 6.92 Å². The number of nitrogens with one attached hydrogen (secondary N) is 1. The van der Waals surface area contributed by atoms with Gasteiger partial charge in [-0.05, 0) is 38.0 Å². The number of aromatic nitrogens is 1. The number of hydrogen-bond acceptors (Lipinski definition) is 5. The molecule has 156 valence electrons. The number of anilines is 2. The first kappa shape index (κ1) is 24.0. The fraction of sp³-hybridized carbons (Fsp3) is 0.286. The third-order valence-electron chi connectivity index (χ3n) is 3.86. The van der Waals surface area contributed by atoms with Gasteiger partial charge >= 0.3 is 0 Å². The van der Waals surface area contributed by atoms with Crippen molar-refractivity contribution in [2.75, 3.05) is 31.2 Å². The summed E-state index contributed by atoms with van der Waals surface area (Å²) in [6, 6.07) is 9.17. The number of ether oxygens (including phenoxy) is 1. The molecule has 8 heteroatoms. The molecule has 1 aromatic heterocycles. The summed E-state index contributed by atoms with van der Waals surface area (Å²) in [5.41, 5.74) is 7.32. The van der Waals surface area contributed by atoms with E-state index in [-0.39, 0.29) is 5.91 Å². The van der Waals surface area contributed by atoms with Gasteiger partial charge < -0.3 is 20.7 Å². The first-order valence-electron chi connectivity index (χ1n) is 9.04. The van der Waals surface area contributed by atoms with E-state index < -0.39 is 0 Å². The van der Waals surface area contributed by atoms with E-state index in [2.05, 4.69) is 16.9 Å². The molecule has 0 saturated carbocycles. The maximum Gasteiger partial charge on any atom is 0.247 e. The second-order valence-corrected chi connectivity index (χ2v) is 6.56. The molecule has 2 heterocycles. The molecule has 0 radical (unpaired) electrons. The van der Waals surface area contributed by atoms with E-state index in [1.165, 1.54) is 37.8 Å². The number of amides is 2. The molecule has 2 aromatic rings. The fourth-order valence-corrected chi connectivity index (χ4v) is 2.45. The highest BCUT2D eigenvalue weighted by atomic mass is 35.5. The van der Waals surface area contributed by atoms with E-state index in [1.54, 1.807) is 11.0 Å². The van der Waals surface area contributed by atoms with Crippen LogP contribution in [0.4, 0.5) is 11.5 Å². The molecule has 0 bridgehead atoms. The average Bonchev–Trinajstić information content (AvgIpc) is 3.26. The van der Waals surface area contributed by atoms with Crippen molar-refractivity contribution in [3.63, 3.8) is 0 Å². The lowest BCUT2D eigenvalue weighted by Crippen LogP contribution is -2.15. The molecular weight excluding hydrogens is 392 g/mol. The minimum atomic E-state index is -0.182. The predicted octanol–water partition coefficient (Wildman–Crippen LogP) is 3.68. The van der Waals surface area contributed by atoms with Crippen LogP contribution in [0.2, 0.25) is 5.02 Å². The number of benzene rings is 1. The SMILES string of the molecule is C=CC(=O)Nc1ccc(C)cc1.COc1cc(N)ncc1Cl.O=CN1CCCC1. The summed E-state index contributed by atoms with van der Waals surface area (Å²) in [6.45, 7) is 7.31. The van der Waals surface area contributed by atoms with Crippen LogP contribution >= 0.6 is 11.6 Å². The number of carbonyl (C=O) groups is 2. The van der Waals surface area contributed by atoms with Crippen molar-refractivity contribution in [3.8, 4) is 5.75 Å². The van der Waals surface area contributed by atoms with E-state index in [9.17, 15) is 9.59 Å². The third kappa shape index (κ3) is 9.62. The van der Waals surface area contributed by atoms with Crippen LogP contribution in [-0.2, 0) is 9.59 Å². The first-order valence-corrected chi connectivity index (χ1v) is 9.41.